The average Bonchev–Trinajstić information content (AvgIpc) is 3.57. The summed E-state index contributed by atoms with van der Waals surface area (Å²) in [6, 6.07) is 9.81. The lowest BCUT2D eigenvalue weighted by Crippen LogP contribution is -2.40. The highest BCUT2D eigenvalue weighted by Crippen LogP contribution is 2.29. The third kappa shape index (κ3) is 5.64. The smallest absolute Gasteiger partial charge is 0.433 e. The van der Waals surface area contributed by atoms with E-state index in [0.29, 0.717) is 17.4 Å². The molecule has 10 nitrogen and oxygen atoms in total. The number of thiazole rings is 1. The SMILES string of the molecule is O=C(OCC(=O)N(C[C@@H]1CCCO1)c1nc(-c2ccc(Br)cc2)cs1)c1ccc([N+](=O)[O-])o1. The second-order valence-corrected chi connectivity index (χ2v) is 8.88. The highest BCUT2D eigenvalue weighted by atomic mass is 79.9. The minimum Gasteiger partial charge on any atom is -0.450 e. The molecule has 1 atom stereocenters. The summed E-state index contributed by atoms with van der Waals surface area (Å²) in [5.41, 5.74) is 1.61. The lowest BCUT2D eigenvalue weighted by molar-refractivity contribution is -0.402. The maximum atomic E-state index is 13.0. The molecule has 0 radical (unpaired) electrons. The average molecular weight is 536 g/mol. The number of anilines is 1. The van der Waals surface area contributed by atoms with Gasteiger partial charge in [0.05, 0.1) is 24.4 Å². The van der Waals surface area contributed by atoms with Gasteiger partial charge >= 0.3 is 11.9 Å². The number of amides is 1. The molecule has 1 saturated heterocycles. The number of carbonyl (C=O) groups excluding carboxylic acids is 2. The number of furan rings is 1. The monoisotopic (exact) mass is 535 g/mol. The summed E-state index contributed by atoms with van der Waals surface area (Å²) in [5, 5.41) is 13.0. The van der Waals surface area contributed by atoms with Crippen LogP contribution in [0.15, 0.2) is 50.7 Å². The quantitative estimate of drug-likeness (QED) is 0.235. The van der Waals surface area contributed by atoms with Gasteiger partial charge in [0.25, 0.3) is 5.91 Å². The predicted molar refractivity (Wildman–Crippen MR) is 122 cm³/mol. The van der Waals surface area contributed by atoms with Crippen molar-refractivity contribution in [2.45, 2.75) is 18.9 Å². The largest absolute Gasteiger partial charge is 0.450 e. The number of ether oxygens (including phenoxy) is 2. The number of carbonyl (C=O) groups is 2. The minimum atomic E-state index is -0.969. The number of aromatic nitrogens is 1. The predicted octanol–water partition coefficient (Wildman–Crippen LogP) is 4.44. The summed E-state index contributed by atoms with van der Waals surface area (Å²) in [7, 11) is 0. The van der Waals surface area contributed by atoms with Gasteiger partial charge in [-0.25, -0.2) is 9.78 Å². The van der Waals surface area contributed by atoms with Crippen molar-refractivity contribution in [3.63, 3.8) is 0 Å². The molecule has 172 valence electrons. The van der Waals surface area contributed by atoms with Crippen LogP contribution in [0, 0.1) is 10.1 Å². The number of nitro groups is 1. The van der Waals surface area contributed by atoms with Crippen molar-refractivity contribution in [2.24, 2.45) is 0 Å². The van der Waals surface area contributed by atoms with Crippen LogP contribution in [0.3, 0.4) is 0 Å². The van der Waals surface area contributed by atoms with Gasteiger partial charge in [-0.05, 0) is 31.0 Å². The van der Waals surface area contributed by atoms with Crippen LogP contribution >= 0.6 is 27.3 Å². The Labute approximate surface area is 200 Å². The first-order valence-electron chi connectivity index (χ1n) is 9.95. The van der Waals surface area contributed by atoms with Crippen molar-refractivity contribution in [3.8, 4) is 11.3 Å². The fourth-order valence-corrected chi connectivity index (χ4v) is 4.36. The first kappa shape index (κ1) is 23.1. The normalized spacial score (nSPS) is 15.4. The Morgan fingerprint density at radius 3 is 2.73 bits per heavy atom. The van der Waals surface area contributed by atoms with Gasteiger partial charge in [-0.3, -0.25) is 19.8 Å². The van der Waals surface area contributed by atoms with E-state index in [1.54, 1.807) is 0 Å². The number of benzene rings is 1. The molecule has 33 heavy (non-hydrogen) atoms. The molecule has 3 heterocycles. The fourth-order valence-electron chi connectivity index (χ4n) is 3.23. The van der Waals surface area contributed by atoms with Crippen LogP contribution in [0.5, 0.6) is 0 Å². The van der Waals surface area contributed by atoms with Gasteiger partial charge in [0.1, 0.15) is 4.92 Å². The van der Waals surface area contributed by atoms with Crippen LogP contribution in [-0.4, -0.2) is 47.6 Å². The molecule has 4 rings (SSSR count). The number of esters is 1. The Balaban J connectivity index is 1.47. The highest BCUT2D eigenvalue weighted by Gasteiger charge is 2.27. The second kappa shape index (κ2) is 10.2. The maximum absolute atomic E-state index is 13.0. The molecular weight excluding hydrogens is 518 g/mol. The third-order valence-corrected chi connectivity index (χ3v) is 6.27. The molecule has 0 N–H and O–H groups in total. The van der Waals surface area contributed by atoms with Crippen molar-refractivity contribution in [1.29, 1.82) is 0 Å². The number of halogens is 1. The number of nitrogens with zero attached hydrogens (tertiary/aromatic N) is 3. The molecule has 0 saturated carbocycles. The number of hydrogen-bond acceptors (Lipinski definition) is 9. The third-order valence-electron chi connectivity index (χ3n) is 4.87. The highest BCUT2D eigenvalue weighted by molar-refractivity contribution is 9.10. The Bertz CT molecular complexity index is 1150. The summed E-state index contributed by atoms with van der Waals surface area (Å²) in [4.78, 5) is 41.1. The van der Waals surface area contributed by atoms with E-state index in [0.717, 1.165) is 35.0 Å². The molecule has 0 spiro atoms. The van der Waals surface area contributed by atoms with E-state index in [2.05, 4.69) is 20.9 Å². The van der Waals surface area contributed by atoms with Crippen molar-refractivity contribution < 1.29 is 28.4 Å². The first-order chi connectivity index (χ1) is 15.9. The van der Waals surface area contributed by atoms with E-state index >= 15 is 0 Å². The zero-order valence-electron chi connectivity index (χ0n) is 17.1. The first-order valence-corrected chi connectivity index (χ1v) is 11.6. The lowest BCUT2D eigenvalue weighted by Gasteiger charge is -2.22. The number of hydrogen-bond donors (Lipinski definition) is 0. The topological polar surface area (TPSA) is 125 Å². The van der Waals surface area contributed by atoms with E-state index in [4.69, 9.17) is 13.9 Å². The molecule has 1 amide bonds. The summed E-state index contributed by atoms with van der Waals surface area (Å²) >= 11 is 4.70. The van der Waals surface area contributed by atoms with Crippen molar-refractivity contribution in [1.82, 2.24) is 4.98 Å². The molecule has 1 aliphatic heterocycles. The van der Waals surface area contributed by atoms with Crippen molar-refractivity contribution >= 4 is 50.2 Å². The lowest BCUT2D eigenvalue weighted by atomic mass is 10.2. The minimum absolute atomic E-state index is 0.141. The molecule has 2 aromatic heterocycles. The Hall–Kier alpha value is -3.09. The molecule has 0 aliphatic carbocycles. The van der Waals surface area contributed by atoms with Gasteiger partial charge in [-0.1, -0.05) is 28.1 Å². The van der Waals surface area contributed by atoms with Crippen LogP contribution in [0.2, 0.25) is 0 Å². The van der Waals surface area contributed by atoms with Crippen LogP contribution in [0.1, 0.15) is 23.4 Å². The second-order valence-electron chi connectivity index (χ2n) is 7.13. The molecule has 12 heteroatoms. The Morgan fingerprint density at radius 2 is 2.06 bits per heavy atom. The van der Waals surface area contributed by atoms with Gasteiger partial charge in [-0.2, -0.15) is 0 Å². The van der Waals surface area contributed by atoms with Crippen molar-refractivity contribution in [3.05, 3.63) is 62.1 Å². The molecule has 0 unspecified atom stereocenters. The standard InChI is InChI=1S/C21H18BrN3O7S/c22-14-5-3-13(4-6-14)16-12-33-21(23-16)24(10-15-2-1-9-30-15)18(26)11-31-20(27)17-7-8-19(32-17)25(28)29/h3-8,12,15H,1-2,9-11H2/t15-/m0/s1. The molecule has 1 aromatic carbocycles. The van der Waals surface area contributed by atoms with Crippen LogP contribution in [0.4, 0.5) is 11.0 Å². The molecule has 1 aliphatic rings. The molecule has 0 bridgehead atoms. The van der Waals surface area contributed by atoms with Crippen LogP contribution in [0.25, 0.3) is 11.3 Å². The van der Waals surface area contributed by atoms with E-state index in [1.807, 2.05) is 29.6 Å². The van der Waals surface area contributed by atoms with Crippen LogP contribution in [-0.2, 0) is 14.3 Å². The summed E-state index contributed by atoms with van der Waals surface area (Å²) < 4.78 is 16.5. The number of rotatable bonds is 8. The maximum Gasteiger partial charge on any atom is 0.433 e. The van der Waals surface area contributed by atoms with E-state index in [1.165, 1.54) is 16.2 Å². The van der Waals surface area contributed by atoms with Crippen molar-refractivity contribution in [2.75, 3.05) is 24.7 Å². The molecule has 1 fully saturated rings. The summed E-state index contributed by atoms with van der Waals surface area (Å²) in [6.45, 7) is 0.324. The zero-order valence-corrected chi connectivity index (χ0v) is 19.5. The van der Waals surface area contributed by atoms with Gasteiger partial charge in [0.2, 0.25) is 5.76 Å². The van der Waals surface area contributed by atoms with E-state index in [-0.39, 0.29) is 18.4 Å². The molecule has 3 aromatic rings. The fraction of sp³-hybridized carbons (Fsp3) is 0.286. The van der Waals surface area contributed by atoms with Gasteiger partial charge < -0.3 is 13.9 Å². The Kier molecular flexibility index (Phi) is 7.16. The van der Waals surface area contributed by atoms with Crippen LogP contribution < -0.4 is 4.90 Å². The molecular formula is C21H18BrN3O7S. The van der Waals surface area contributed by atoms with E-state index in [9.17, 15) is 19.7 Å². The Morgan fingerprint density at radius 1 is 1.27 bits per heavy atom. The van der Waals surface area contributed by atoms with E-state index < -0.39 is 29.3 Å². The van der Waals surface area contributed by atoms with Gasteiger partial charge in [-0.15, -0.1) is 11.3 Å². The van der Waals surface area contributed by atoms with Gasteiger partial charge in [0, 0.05) is 22.0 Å². The van der Waals surface area contributed by atoms with Gasteiger partial charge in [0.15, 0.2) is 11.7 Å². The zero-order chi connectivity index (χ0) is 23.4. The summed E-state index contributed by atoms with van der Waals surface area (Å²) in [6.07, 6.45) is 1.57. The summed E-state index contributed by atoms with van der Waals surface area (Å²) in [5.74, 6) is -2.40.